The van der Waals surface area contributed by atoms with E-state index >= 15 is 0 Å². The molecule has 0 aliphatic heterocycles. The number of carboxylic acids is 1. The van der Waals surface area contributed by atoms with Crippen molar-refractivity contribution in [3.05, 3.63) is 28.8 Å². The van der Waals surface area contributed by atoms with Crippen LogP contribution in [0.15, 0.2) is 18.2 Å². The molecule has 0 aliphatic rings. The molecule has 6 heteroatoms. The highest BCUT2D eigenvalue weighted by atomic mass is 35.5. The number of aryl methyl sites for hydroxylation is 1. The molecule has 0 saturated carbocycles. The third-order valence-electron chi connectivity index (χ3n) is 3.06. The summed E-state index contributed by atoms with van der Waals surface area (Å²) in [5.74, 6) is -0.852. The van der Waals surface area contributed by atoms with Gasteiger partial charge in [0.2, 0.25) is 0 Å². The van der Waals surface area contributed by atoms with Crippen LogP contribution in [-0.2, 0) is 9.59 Å². The molecule has 1 unspecified atom stereocenters. The van der Waals surface area contributed by atoms with Gasteiger partial charge in [-0.15, -0.1) is 0 Å². The van der Waals surface area contributed by atoms with Gasteiger partial charge in [0.15, 0.2) is 6.61 Å². The van der Waals surface area contributed by atoms with Gasteiger partial charge in [-0.2, -0.15) is 0 Å². The molecule has 116 valence electrons. The largest absolute Gasteiger partial charge is 0.484 e. The molecule has 0 saturated heterocycles. The van der Waals surface area contributed by atoms with Crippen LogP contribution in [0.5, 0.6) is 5.75 Å². The van der Waals surface area contributed by atoms with Crippen LogP contribution in [0.1, 0.15) is 25.3 Å². The quantitative estimate of drug-likeness (QED) is 0.723. The van der Waals surface area contributed by atoms with E-state index in [1.165, 1.54) is 0 Å². The topological polar surface area (TPSA) is 75.6 Å². The lowest BCUT2D eigenvalue weighted by Crippen LogP contribution is -2.30. The highest BCUT2D eigenvalue weighted by Crippen LogP contribution is 2.20. The van der Waals surface area contributed by atoms with E-state index in [0.717, 1.165) is 5.56 Å². The van der Waals surface area contributed by atoms with E-state index < -0.39 is 11.9 Å². The minimum absolute atomic E-state index is 0.0739. The van der Waals surface area contributed by atoms with Crippen LogP contribution in [0.3, 0.4) is 0 Å². The molecule has 5 nitrogen and oxygen atoms in total. The highest BCUT2D eigenvalue weighted by molar-refractivity contribution is 6.31. The van der Waals surface area contributed by atoms with Gasteiger partial charge in [0, 0.05) is 11.6 Å². The first-order chi connectivity index (χ1) is 9.90. The number of benzene rings is 1. The average molecular weight is 314 g/mol. The normalized spacial score (nSPS) is 11.8. The fourth-order valence-corrected chi connectivity index (χ4v) is 1.78. The Labute approximate surface area is 129 Å². The molecule has 0 bridgehead atoms. The van der Waals surface area contributed by atoms with Crippen molar-refractivity contribution < 1.29 is 19.4 Å². The number of rotatable bonds is 8. The Balaban J connectivity index is 2.22. The van der Waals surface area contributed by atoms with Gasteiger partial charge in [0.1, 0.15) is 5.75 Å². The van der Waals surface area contributed by atoms with E-state index in [1.807, 2.05) is 6.92 Å². The first kappa shape index (κ1) is 17.3. The number of aliphatic carboxylic acids is 1. The molecule has 1 aromatic carbocycles. The summed E-state index contributed by atoms with van der Waals surface area (Å²) >= 11 is 5.90. The second kappa shape index (κ2) is 8.52. The molecular weight excluding hydrogens is 294 g/mol. The molecule has 21 heavy (non-hydrogen) atoms. The van der Waals surface area contributed by atoms with Crippen LogP contribution in [0.2, 0.25) is 5.02 Å². The van der Waals surface area contributed by atoms with E-state index in [-0.39, 0.29) is 12.5 Å². The monoisotopic (exact) mass is 313 g/mol. The third kappa shape index (κ3) is 6.49. The van der Waals surface area contributed by atoms with Crippen LogP contribution in [0, 0.1) is 12.8 Å². The Bertz CT molecular complexity index is 504. The predicted octanol–water partition coefficient (Wildman–Crippen LogP) is 2.64. The lowest BCUT2D eigenvalue weighted by Gasteiger charge is -2.09. The second-order valence-electron chi connectivity index (χ2n) is 4.93. The van der Waals surface area contributed by atoms with Crippen LogP contribution in [0.25, 0.3) is 0 Å². The number of hydrogen-bond acceptors (Lipinski definition) is 3. The lowest BCUT2D eigenvalue weighted by atomic mass is 10.1. The summed E-state index contributed by atoms with van der Waals surface area (Å²) < 4.78 is 5.36. The molecule has 1 aromatic rings. The number of ether oxygens (including phenoxy) is 1. The molecular formula is C15H20ClNO4. The Hall–Kier alpha value is -1.75. The van der Waals surface area contributed by atoms with Crippen molar-refractivity contribution in [3.63, 3.8) is 0 Å². The number of halogens is 1. The molecule has 0 aromatic heterocycles. The standard InChI is InChI=1S/C15H20ClNO4/c1-10(15(19)20)4-3-7-17-14(18)9-21-12-5-6-13(16)11(2)8-12/h5-6,8,10H,3-4,7,9H2,1-2H3,(H,17,18)(H,19,20). The summed E-state index contributed by atoms with van der Waals surface area (Å²) in [5.41, 5.74) is 0.886. The minimum atomic E-state index is -0.817. The molecule has 0 heterocycles. The molecule has 1 rings (SSSR count). The minimum Gasteiger partial charge on any atom is -0.484 e. The summed E-state index contributed by atoms with van der Waals surface area (Å²) in [6.07, 6.45) is 1.16. The molecule has 1 atom stereocenters. The molecule has 0 radical (unpaired) electrons. The van der Waals surface area contributed by atoms with Gasteiger partial charge < -0.3 is 15.2 Å². The molecule has 0 fully saturated rings. The van der Waals surface area contributed by atoms with Crippen molar-refractivity contribution in [2.75, 3.05) is 13.2 Å². The fourth-order valence-electron chi connectivity index (χ4n) is 1.67. The maximum absolute atomic E-state index is 11.6. The number of nitrogens with one attached hydrogen (secondary N) is 1. The zero-order valence-electron chi connectivity index (χ0n) is 12.2. The summed E-state index contributed by atoms with van der Waals surface area (Å²) in [6, 6.07) is 5.19. The first-order valence-corrected chi connectivity index (χ1v) is 7.16. The van der Waals surface area contributed by atoms with Gasteiger partial charge in [0.05, 0.1) is 5.92 Å². The zero-order chi connectivity index (χ0) is 15.8. The van der Waals surface area contributed by atoms with E-state index in [0.29, 0.717) is 30.2 Å². The van der Waals surface area contributed by atoms with Gasteiger partial charge in [-0.25, -0.2) is 0 Å². The van der Waals surface area contributed by atoms with E-state index in [9.17, 15) is 9.59 Å². The van der Waals surface area contributed by atoms with Crippen molar-refractivity contribution in [2.45, 2.75) is 26.7 Å². The van der Waals surface area contributed by atoms with E-state index in [2.05, 4.69) is 5.32 Å². The van der Waals surface area contributed by atoms with Crippen molar-refractivity contribution in [1.82, 2.24) is 5.32 Å². The van der Waals surface area contributed by atoms with Gasteiger partial charge >= 0.3 is 5.97 Å². The first-order valence-electron chi connectivity index (χ1n) is 6.78. The van der Waals surface area contributed by atoms with Gasteiger partial charge in [-0.3, -0.25) is 9.59 Å². The summed E-state index contributed by atoms with van der Waals surface area (Å²) in [5, 5.41) is 12.1. The smallest absolute Gasteiger partial charge is 0.306 e. The number of amides is 1. The van der Waals surface area contributed by atoms with Gasteiger partial charge in [-0.1, -0.05) is 18.5 Å². The van der Waals surface area contributed by atoms with Gasteiger partial charge in [-0.05, 0) is 43.5 Å². The van der Waals surface area contributed by atoms with Crippen LogP contribution in [-0.4, -0.2) is 30.1 Å². The number of carbonyl (C=O) groups is 2. The second-order valence-corrected chi connectivity index (χ2v) is 5.34. The molecule has 1 amide bonds. The van der Waals surface area contributed by atoms with Gasteiger partial charge in [0.25, 0.3) is 5.91 Å². The average Bonchev–Trinajstić information content (AvgIpc) is 2.44. The van der Waals surface area contributed by atoms with E-state index in [1.54, 1.807) is 25.1 Å². The third-order valence-corrected chi connectivity index (χ3v) is 3.48. The maximum atomic E-state index is 11.6. The fraction of sp³-hybridized carbons (Fsp3) is 0.467. The SMILES string of the molecule is Cc1cc(OCC(=O)NCCCC(C)C(=O)O)ccc1Cl. The van der Waals surface area contributed by atoms with Crippen molar-refractivity contribution in [1.29, 1.82) is 0 Å². The van der Waals surface area contributed by atoms with Crippen molar-refractivity contribution in [3.8, 4) is 5.75 Å². The maximum Gasteiger partial charge on any atom is 0.306 e. The predicted molar refractivity (Wildman–Crippen MR) is 80.7 cm³/mol. The highest BCUT2D eigenvalue weighted by Gasteiger charge is 2.10. The summed E-state index contributed by atoms with van der Waals surface area (Å²) in [4.78, 5) is 22.2. The Kier molecular flexibility index (Phi) is 7.02. The molecule has 0 aliphatic carbocycles. The van der Waals surface area contributed by atoms with Crippen molar-refractivity contribution >= 4 is 23.5 Å². The number of carbonyl (C=O) groups excluding carboxylic acids is 1. The Morgan fingerprint density at radius 3 is 2.76 bits per heavy atom. The number of carboxylic acid groups (broad SMARTS) is 1. The number of hydrogen-bond donors (Lipinski definition) is 2. The van der Waals surface area contributed by atoms with Crippen molar-refractivity contribution in [2.24, 2.45) is 5.92 Å². The summed E-state index contributed by atoms with van der Waals surface area (Å²) in [6.45, 7) is 3.88. The van der Waals surface area contributed by atoms with Crippen LogP contribution >= 0.6 is 11.6 Å². The molecule has 0 spiro atoms. The lowest BCUT2D eigenvalue weighted by molar-refractivity contribution is -0.141. The Morgan fingerprint density at radius 1 is 1.43 bits per heavy atom. The zero-order valence-corrected chi connectivity index (χ0v) is 12.9. The summed E-state index contributed by atoms with van der Waals surface area (Å²) in [7, 11) is 0. The van der Waals surface area contributed by atoms with Crippen LogP contribution < -0.4 is 10.1 Å². The Morgan fingerprint density at radius 2 is 2.14 bits per heavy atom. The molecule has 2 N–H and O–H groups in total. The van der Waals surface area contributed by atoms with Crippen LogP contribution in [0.4, 0.5) is 0 Å². The van der Waals surface area contributed by atoms with E-state index in [4.69, 9.17) is 21.4 Å².